The van der Waals surface area contributed by atoms with Crippen molar-refractivity contribution >= 4 is 33.3 Å². The number of carbonyl (C=O) groups is 2. The fourth-order valence-corrected chi connectivity index (χ4v) is 3.27. The van der Waals surface area contributed by atoms with Crippen molar-refractivity contribution in [1.29, 1.82) is 0 Å². The molecule has 1 amide bonds. The highest BCUT2D eigenvalue weighted by Crippen LogP contribution is 2.28. The van der Waals surface area contributed by atoms with Crippen molar-refractivity contribution in [2.45, 2.75) is 6.42 Å². The largest absolute Gasteiger partial charge is 0.478 e. The molecule has 1 fully saturated rings. The second-order valence-electron chi connectivity index (χ2n) is 5.02. The summed E-state index contributed by atoms with van der Waals surface area (Å²) in [6.45, 7) is 0.164. The van der Waals surface area contributed by atoms with Crippen LogP contribution in [0.25, 0.3) is 0 Å². The maximum Gasteiger partial charge on any atom is 0.335 e. The fraction of sp³-hybridized carbons (Fsp3) is 0.333. The average molecular weight is 313 g/mol. The molecule has 114 valence electrons. The van der Waals surface area contributed by atoms with Crippen molar-refractivity contribution in [3.8, 4) is 0 Å². The van der Waals surface area contributed by atoms with Crippen LogP contribution in [-0.4, -0.2) is 37.7 Å². The van der Waals surface area contributed by atoms with Gasteiger partial charge >= 0.3 is 5.97 Å². The van der Waals surface area contributed by atoms with Crippen LogP contribution in [0.4, 0.5) is 11.4 Å². The minimum Gasteiger partial charge on any atom is -0.478 e. The van der Waals surface area contributed by atoms with Crippen LogP contribution in [0.1, 0.15) is 16.8 Å². The first-order valence-corrected chi connectivity index (χ1v) is 7.82. The standard InChI is InChI=1S/C12H15N3O5S/c13-9-2-8(12(17)18)3-10(4-9)15-5-7(1-11(15)16)6-21(14,19)20/h2-4,7H,1,5-6,13H2,(H,17,18)(H2,14,19,20). The number of hydrogen-bond acceptors (Lipinski definition) is 5. The summed E-state index contributed by atoms with van der Waals surface area (Å²) < 4.78 is 22.2. The zero-order valence-electron chi connectivity index (χ0n) is 11.0. The molecule has 0 spiro atoms. The summed E-state index contributed by atoms with van der Waals surface area (Å²) in [5, 5.41) is 14.0. The summed E-state index contributed by atoms with van der Waals surface area (Å²) in [5.74, 6) is -2.15. The first-order valence-electron chi connectivity index (χ1n) is 6.10. The lowest BCUT2D eigenvalue weighted by Crippen LogP contribution is -2.27. The van der Waals surface area contributed by atoms with Gasteiger partial charge in [0.1, 0.15) is 0 Å². The van der Waals surface area contributed by atoms with Gasteiger partial charge in [-0.15, -0.1) is 0 Å². The lowest BCUT2D eigenvalue weighted by Gasteiger charge is -2.17. The zero-order valence-corrected chi connectivity index (χ0v) is 11.8. The fourth-order valence-electron chi connectivity index (χ4n) is 2.39. The minimum atomic E-state index is -3.66. The van der Waals surface area contributed by atoms with Gasteiger partial charge in [0, 0.05) is 30.3 Å². The van der Waals surface area contributed by atoms with E-state index in [1.165, 1.54) is 23.1 Å². The van der Waals surface area contributed by atoms with Crippen LogP contribution in [0.15, 0.2) is 18.2 Å². The van der Waals surface area contributed by atoms with E-state index in [0.29, 0.717) is 5.69 Å². The predicted molar refractivity (Wildman–Crippen MR) is 76.2 cm³/mol. The van der Waals surface area contributed by atoms with E-state index in [-0.39, 0.29) is 35.9 Å². The summed E-state index contributed by atoms with van der Waals surface area (Å²) in [6.07, 6.45) is 0.0492. The number of sulfonamides is 1. The Morgan fingerprint density at radius 2 is 2.05 bits per heavy atom. The van der Waals surface area contributed by atoms with Crippen LogP contribution in [-0.2, 0) is 14.8 Å². The van der Waals surface area contributed by atoms with Gasteiger partial charge in [0.2, 0.25) is 15.9 Å². The van der Waals surface area contributed by atoms with Gasteiger partial charge in [0.25, 0.3) is 0 Å². The van der Waals surface area contributed by atoms with Crippen LogP contribution in [0.3, 0.4) is 0 Å². The second-order valence-corrected chi connectivity index (χ2v) is 6.68. The van der Waals surface area contributed by atoms with Gasteiger partial charge in [-0.3, -0.25) is 4.79 Å². The molecule has 0 aliphatic carbocycles. The normalized spacial score (nSPS) is 19.0. The Labute approximate surface area is 121 Å². The number of nitrogens with two attached hydrogens (primary N) is 2. The first kappa shape index (κ1) is 15.3. The Morgan fingerprint density at radius 3 is 2.62 bits per heavy atom. The number of primary sulfonamides is 1. The van der Waals surface area contributed by atoms with E-state index in [1.807, 2.05) is 0 Å². The molecule has 8 nitrogen and oxygen atoms in total. The van der Waals surface area contributed by atoms with Crippen LogP contribution in [0.5, 0.6) is 0 Å². The quantitative estimate of drug-likeness (QED) is 0.646. The van der Waals surface area contributed by atoms with Crippen LogP contribution >= 0.6 is 0 Å². The van der Waals surface area contributed by atoms with Gasteiger partial charge in [-0.1, -0.05) is 0 Å². The van der Waals surface area contributed by atoms with Gasteiger partial charge in [0.05, 0.1) is 11.3 Å². The third-order valence-corrected chi connectivity index (χ3v) is 4.11. The van der Waals surface area contributed by atoms with Crippen molar-refractivity contribution < 1.29 is 23.1 Å². The third kappa shape index (κ3) is 3.70. The molecule has 9 heteroatoms. The zero-order chi connectivity index (χ0) is 15.8. The van der Waals surface area contributed by atoms with Gasteiger partial charge in [-0.05, 0) is 18.2 Å². The summed E-state index contributed by atoms with van der Waals surface area (Å²) in [7, 11) is -3.66. The maximum atomic E-state index is 12.0. The number of rotatable bonds is 4. The molecular formula is C12H15N3O5S. The molecule has 0 saturated carbocycles. The third-order valence-electron chi connectivity index (χ3n) is 3.17. The van der Waals surface area contributed by atoms with E-state index in [1.54, 1.807) is 0 Å². The summed E-state index contributed by atoms with van der Waals surface area (Å²) >= 11 is 0. The number of carboxylic acids is 1. The number of hydrogen-bond donors (Lipinski definition) is 3. The van der Waals surface area contributed by atoms with Crippen molar-refractivity contribution in [1.82, 2.24) is 0 Å². The summed E-state index contributed by atoms with van der Waals surface area (Å²) in [6, 6.07) is 4.09. The number of nitrogens with zero attached hydrogens (tertiary/aromatic N) is 1. The Bertz CT molecular complexity index is 701. The molecule has 1 saturated heterocycles. The second kappa shape index (κ2) is 5.34. The molecule has 0 bridgehead atoms. The van der Waals surface area contributed by atoms with Crippen LogP contribution in [0.2, 0.25) is 0 Å². The lowest BCUT2D eigenvalue weighted by atomic mass is 10.1. The molecule has 21 heavy (non-hydrogen) atoms. The molecule has 1 unspecified atom stereocenters. The molecule has 0 radical (unpaired) electrons. The Balaban J connectivity index is 2.27. The van der Waals surface area contributed by atoms with E-state index in [9.17, 15) is 18.0 Å². The highest BCUT2D eigenvalue weighted by molar-refractivity contribution is 7.89. The predicted octanol–water partition coefficient (Wildman–Crippen LogP) is -0.392. The van der Waals surface area contributed by atoms with Crippen molar-refractivity contribution in [3.63, 3.8) is 0 Å². The molecule has 1 aromatic carbocycles. The minimum absolute atomic E-state index is 0.0345. The number of benzene rings is 1. The van der Waals surface area contributed by atoms with Crippen molar-refractivity contribution in [2.75, 3.05) is 22.9 Å². The molecule has 1 heterocycles. The molecular weight excluding hydrogens is 298 g/mol. The van der Waals surface area contributed by atoms with Gasteiger partial charge in [-0.25, -0.2) is 18.4 Å². The molecule has 0 aromatic heterocycles. The molecule has 1 atom stereocenters. The van der Waals surface area contributed by atoms with Crippen molar-refractivity contribution in [3.05, 3.63) is 23.8 Å². The molecule has 2 rings (SSSR count). The van der Waals surface area contributed by atoms with Gasteiger partial charge in [0.15, 0.2) is 0 Å². The number of carboxylic acid groups (broad SMARTS) is 1. The molecule has 1 aromatic rings. The van der Waals surface area contributed by atoms with E-state index >= 15 is 0 Å². The van der Waals surface area contributed by atoms with Gasteiger partial charge < -0.3 is 15.7 Å². The number of aromatic carboxylic acids is 1. The number of carbonyl (C=O) groups excluding carboxylic acids is 1. The Hall–Kier alpha value is -2.13. The number of amides is 1. The highest BCUT2D eigenvalue weighted by atomic mass is 32.2. The maximum absolute atomic E-state index is 12.0. The highest BCUT2D eigenvalue weighted by Gasteiger charge is 2.33. The van der Waals surface area contributed by atoms with E-state index in [2.05, 4.69) is 0 Å². The number of nitrogen functional groups attached to an aromatic ring is 1. The van der Waals surface area contributed by atoms with Crippen LogP contribution in [0, 0.1) is 5.92 Å². The van der Waals surface area contributed by atoms with Crippen molar-refractivity contribution in [2.24, 2.45) is 11.1 Å². The SMILES string of the molecule is Nc1cc(C(=O)O)cc(N2CC(CS(N)(=O)=O)CC2=O)c1. The summed E-state index contributed by atoms with van der Waals surface area (Å²) in [5.41, 5.74) is 6.15. The number of anilines is 2. The Morgan fingerprint density at radius 1 is 1.38 bits per heavy atom. The molecule has 1 aliphatic heterocycles. The topological polar surface area (TPSA) is 144 Å². The van der Waals surface area contributed by atoms with E-state index in [4.69, 9.17) is 16.0 Å². The van der Waals surface area contributed by atoms with Crippen LogP contribution < -0.4 is 15.8 Å². The Kier molecular flexibility index (Phi) is 3.88. The first-order chi connectivity index (χ1) is 9.65. The van der Waals surface area contributed by atoms with E-state index < -0.39 is 21.9 Å². The van der Waals surface area contributed by atoms with Gasteiger partial charge in [-0.2, -0.15) is 0 Å². The smallest absolute Gasteiger partial charge is 0.335 e. The monoisotopic (exact) mass is 313 g/mol. The summed E-state index contributed by atoms with van der Waals surface area (Å²) in [4.78, 5) is 24.3. The molecule has 1 aliphatic rings. The molecule has 5 N–H and O–H groups in total. The van der Waals surface area contributed by atoms with E-state index in [0.717, 1.165) is 0 Å². The lowest BCUT2D eigenvalue weighted by molar-refractivity contribution is -0.117. The average Bonchev–Trinajstić information content (AvgIpc) is 2.66.